The van der Waals surface area contributed by atoms with Crippen molar-refractivity contribution < 1.29 is 5.11 Å². The number of anilines is 1. The molecule has 0 saturated heterocycles. The van der Waals surface area contributed by atoms with Gasteiger partial charge in [-0.25, -0.2) is 0 Å². The third kappa shape index (κ3) is 3.26. The fourth-order valence-corrected chi connectivity index (χ4v) is 3.08. The summed E-state index contributed by atoms with van der Waals surface area (Å²) in [5, 5.41) is 12.7. The van der Waals surface area contributed by atoms with Gasteiger partial charge in [0.1, 0.15) is 0 Å². The smallest absolute Gasteiger partial charge is 0.0681 e. The second kappa shape index (κ2) is 5.31. The van der Waals surface area contributed by atoms with Crippen LogP contribution in [0.5, 0.6) is 0 Å². The Hall–Kier alpha value is -1.02. The standard InChI is InChI=1S/C16H25NO/c1-12-10-16(2,3)9-8-15(12)17-14-6-4-13(11-18)5-7-14/h4-7,12,15,17-18H,8-11H2,1-3H3. The van der Waals surface area contributed by atoms with Crippen LogP contribution >= 0.6 is 0 Å². The van der Waals surface area contributed by atoms with Crippen molar-refractivity contribution >= 4 is 5.69 Å². The lowest BCUT2D eigenvalue weighted by atomic mass is 9.70. The Morgan fingerprint density at radius 1 is 1.28 bits per heavy atom. The van der Waals surface area contributed by atoms with E-state index >= 15 is 0 Å². The average Bonchev–Trinajstić information content (AvgIpc) is 2.33. The molecule has 0 spiro atoms. The van der Waals surface area contributed by atoms with Crippen molar-refractivity contribution in [2.75, 3.05) is 5.32 Å². The van der Waals surface area contributed by atoms with E-state index < -0.39 is 0 Å². The summed E-state index contributed by atoms with van der Waals surface area (Å²) in [6.07, 6.45) is 3.83. The normalized spacial score (nSPS) is 26.9. The minimum atomic E-state index is 0.119. The Bertz CT molecular complexity index is 383. The van der Waals surface area contributed by atoms with E-state index in [0.29, 0.717) is 17.4 Å². The Kier molecular flexibility index (Phi) is 3.96. The summed E-state index contributed by atoms with van der Waals surface area (Å²) in [4.78, 5) is 0. The first-order chi connectivity index (χ1) is 8.50. The van der Waals surface area contributed by atoms with Crippen LogP contribution in [0.4, 0.5) is 5.69 Å². The van der Waals surface area contributed by atoms with Crippen molar-refractivity contribution in [2.24, 2.45) is 11.3 Å². The summed E-state index contributed by atoms with van der Waals surface area (Å²) in [6, 6.07) is 8.69. The topological polar surface area (TPSA) is 32.3 Å². The molecule has 2 heteroatoms. The molecule has 0 amide bonds. The van der Waals surface area contributed by atoms with E-state index in [0.717, 1.165) is 5.56 Å². The molecule has 2 rings (SSSR count). The van der Waals surface area contributed by atoms with Crippen LogP contribution in [-0.2, 0) is 6.61 Å². The third-order valence-corrected chi connectivity index (χ3v) is 4.18. The van der Waals surface area contributed by atoms with Crippen molar-refractivity contribution in [1.29, 1.82) is 0 Å². The molecule has 2 atom stereocenters. The second-order valence-electron chi connectivity index (χ2n) is 6.49. The maximum Gasteiger partial charge on any atom is 0.0681 e. The third-order valence-electron chi connectivity index (χ3n) is 4.18. The Morgan fingerprint density at radius 2 is 1.94 bits per heavy atom. The molecule has 0 aromatic heterocycles. The highest BCUT2D eigenvalue weighted by molar-refractivity contribution is 5.45. The van der Waals surface area contributed by atoms with Crippen LogP contribution in [0.25, 0.3) is 0 Å². The number of aliphatic hydroxyl groups excluding tert-OH is 1. The van der Waals surface area contributed by atoms with Crippen molar-refractivity contribution in [3.63, 3.8) is 0 Å². The lowest BCUT2D eigenvalue weighted by Crippen LogP contribution is -2.36. The lowest BCUT2D eigenvalue weighted by Gasteiger charge is -2.40. The molecule has 0 bridgehead atoms. The van der Waals surface area contributed by atoms with Crippen molar-refractivity contribution in [3.05, 3.63) is 29.8 Å². The number of rotatable bonds is 3. The van der Waals surface area contributed by atoms with Crippen LogP contribution in [-0.4, -0.2) is 11.1 Å². The number of benzene rings is 1. The van der Waals surface area contributed by atoms with Crippen molar-refractivity contribution in [3.8, 4) is 0 Å². The van der Waals surface area contributed by atoms with E-state index in [-0.39, 0.29) is 6.61 Å². The van der Waals surface area contributed by atoms with Crippen LogP contribution in [0, 0.1) is 11.3 Å². The molecule has 0 heterocycles. The van der Waals surface area contributed by atoms with Gasteiger partial charge >= 0.3 is 0 Å². The highest BCUT2D eigenvalue weighted by Gasteiger charge is 2.32. The average molecular weight is 247 g/mol. The lowest BCUT2D eigenvalue weighted by molar-refractivity contribution is 0.177. The van der Waals surface area contributed by atoms with Gasteiger partial charge in [-0.1, -0.05) is 32.9 Å². The summed E-state index contributed by atoms with van der Waals surface area (Å²) >= 11 is 0. The Morgan fingerprint density at radius 3 is 2.50 bits per heavy atom. The first kappa shape index (κ1) is 13.4. The van der Waals surface area contributed by atoms with Gasteiger partial charge in [0.25, 0.3) is 0 Å². The van der Waals surface area contributed by atoms with Crippen molar-refractivity contribution in [1.82, 2.24) is 0 Å². The largest absolute Gasteiger partial charge is 0.392 e. The first-order valence-electron chi connectivity index (χ1n) is 6.96. The molecule has 2 nitrogen and oxygen atoms in total. The SMILES string of the molecule is CC1CC(C)(C)CCC1Nc1ccc(CO)cc1. The van der Waals surface area contributed by atoms with Gasteiger partial charge in [-0.3, -0.25) is 0 Å². The minimum absolute atomic E-state index is 0.119. The Balaban J connectivity index is 1.97. The van der Waals surface area contributed by atoms with Crippen LogP contribution in [0.3, 0.4) is 0 Å². The molecule has 0 aliphatic heterocycles. The molecule has 2 unspecified atom stereocenters. The monoisotopic (exact) mass is 247 g/mol. The number of nitrogens with one attached hydrogen (secondary N) is 1. The summed E-state index contributed by atoms with van der Waals surface area (Å²) in [5.74, 6) is 0.714. The molecule has 2 N–H and O–H groups in total. The molecule has 100 valence electrons. The van der Waals surface area contributed by atoms with Gasteiger partial charge in [0.2, 0.25) is 0 Å². The van der Waals surface area contributed by atoms with E-state index in [1.165, 1.54) is 24.9 Å². The Labute approximate surface area is 110 Å². The maximum atomic E-state index is 9.03. The predicted molar refractivity (Wildman–Crippen MR) is 76.6 cm³/mol. The van der Waals surface area contributed by atoms with Gasteiger partial charge in [-0.05, 0) is 48.3 Å². The molecule has 1 aliphatic carbocycles. The van der Waals surface area contributed by atoms with E-state index in [4.69, 9.17) is 5.11 Å². The second-order valence-corrected chi connectivity index (χ2v) is 6.49. The molecule has 0 radical (unpaired) electrons. The molecule has 1 aromatic carbocycles. The number of hydrogen-bond donors (Lipinski definition) is 2. The zero-order valence-electron chi connectivity index (χ0n) is 11.7. The highest BCUT2D eigenvalue weighted by Crippen LogP contribution is 2.39. The fraction of sp³-hybridized carbons (Fsp3) is 0.625. The molecule has 1 aliphatic rings. The van der Waals surface area contributed by atoms with Crippen LogP contribution in [0.2, 0.25) is 0 Å². The first-order valence-corrected chi connectivity index (χ1v) is 6.96. The van der Waals surface area contributed by atoms with Crippen molar-refractivity contribution in [2.45, 2.75) is 52.7 Å². The van der Waals surface area contributed by atoms with E-state index in [1.807, 2.05) is 12.1 Å². The summed E-state index contributed by atoms with van der Waals surface area (Å²) in [6.45, 7) is 7.21. The zero-order valence-corrected chi connectivity index (χ0v) is 11.7. The van der Waals surface area contributed by atoms with Crippen LogP contribution < -0.4 is 5.32 Å². The molecular weight excluding hydrogens is 222 g/mol. The molecule has 1 saturated carbocycles. The highest BCUT2D eigenvalue weighted by atomic mass is 16.3. The van der Waals surface area contributed by atoms with E-state index in [1.54, 1.807) is 0 Å². The summed E-state index contributed by atoms with van der Waals surface area (Å²) in [5.41, 5.74) is 2.64. The van der Waals surface area contributed by atoms with Gasteiger partial charge in [-0.15, -0.1) is 0 Å². The van der Waals surface area contributed by atoms with Gasteiger partial charge in [0.15, 0.2) is 0 Å². The van der Waals surface area contributed by atoms with Gasteiger partial charge in [0, 0.05) is 11.7 Å². The number of hydrogen-bond acceptors (Lipinski definition) is 2. The minimum Gasteiger partial charge on any atom is -0.392 e. The van der Waals surface area contributed by atoms with E-state index in [2.05, 4.69) is 38.2 Å². The van der Waals surface area contributed by atoms with Crippen LogP contribution in [0.15, 0.2) is 24.3 Å². The number of aliphatic hydroxyl groups is 1. The zero-order chi connectivity index (χ0) is 13.2. The van der Waals surface area contributed by atoms with Gasteiger partial charge in [0.05, 0.1) is 6.61 Å². The molecule has 18 heavy (non-hydrogen) atoms. The van der Waals surface area contributed by atoms with Gasteiger partial charge in [-0.2, -0.15) is 0 Å². The maximum absolute atomic E-state index is 9.03. The molecular formula is C16H25NO. The fourth-order valence-electron chi connectivity index (χ4n) is 3.08. The predicted octanol–water partition coefficient (Wildman–Crippen LogP) is 3.81. The summed E-state index contributed by atoms with van der Waals surface area (Å²) in [7, 11) is 0. The van der Waals surface area contributed by atoms with Gasteiger partial charge < -0.3 is 10.4 Å². The molecule has 1 aromatic rings. The molecule has 1 fully saturated rings. The summed E-state index contributed by atoms with van der Waals surface area (Å²) < 4.78 is 0. The van der Waals surface area contributed by atoms with E-state index in [9.17, 15) is 0 Å². The van der Waals surface area contributed by atoms with Crippen LogP contribution in [0.1, 0.15) is 45.6 Å². The quantitative estimate of drug-likeness (QED) is 0.851.